The predicted octanol–water partition coefficient (Wildman–Crippen LogP) is 3.79. The van der Waals surface area contributed by atoms with Crippen LogP contribution in [0.2, 0.25) is 0 Å². The van der Waals surface area contributed by atoms with Crippen LogP contribution in [0.4, 0.5) is 13.2 Å². The number of piperidine rings is 1. The first-order chi connectivity index (χ1) is 12.2. The summed E-state index contributed by atoms with van der Waals surface area (Å²) in [5.41, 5.74) is -1.12. The van der Waals surface area contributed by atoms with Gasteiger partial charge in [0.1, 0.15) is 0 Å². The van der Waals surface area contributed by atoms with Gasteiger partial charge >= 0.3 is 6.18 Å². The second kappa shape index (κ2) is 8.41. The Morgan fingerprint density at radius 1 is 1.38 bits per heavy atom. The highest BCUT2D eigenvalue weighted by Crippen LogP contribution is 2.35. The van der Waals surface area contributed by atoms with Crippen LogP contribution < -0.4 is 5.32 Å². The standard InChI is InChI=1S/C18H29F3N4O/c1-5-6-9-22-17(26)15-13(4)25(23-16(15)18(19,20)21)14-8-7-10-24(11-14)12(2)3/h12,14H,5-11H2,1-4H3,(H,22,26)/t14-/m1/s1. The number of amides is 1. The number of likely N-dealkylation sites (tertiary alicyclic amines) is 1. The average Bonchev–Trinajstić information content (AvgIpc) is 2.93. The third-order valence-electron chi connectivity index (χ3n) is 4.97. The van der Waals surface area contributed by atoms with Gasteiger partial charge in [0.2, 0.25) is 0 Å². The number of nitrogens with zero attached hydrogens (tertiary/aromatic N) is 3. The van der Waals surface area contributed by atoms with Gasteiger partial charge in [0.15, 0.2) is 5.69 Å². The van der Waals surface area contributed by atoms with Gasteiger partial charge in [-0.25, -0.2) is 0 Å². The summed E-state index contributed by atoms with van der Waals surface area (Å²) in [7, 11) is 0. The Morgan fingerprint density at radius 3 is 2.65 bits per heavy atom. The lowest BCUT2D eigenvalue weighted by Gasteiger charge is -2.35. The molecule has 0 aromatic carbocycles. The van der Waals surface area contributed by atoms with Gasteiger partial charge in [0, 0.05) is 24.8 Å². The molecule has 1 N–H and O–H groups in total. The van der Waals surface area contributed by atoms with Crippen molar-refractivity contribution in [3.05, 3.63) is 17.0 Å². The Hall–Kier alpha value is -1.57. The van der Waals surface area contributed by atoms with Crippen LogP contribution in [0.25, 0.3) is 0 Å². The lowest BCUT2D eigenvalue weighted by atomic mass is 10.0. The maximum absolute atomic E-state index is 13.5. The van der Waals surface area contributed by atoms with Crippen LogP contribution in [0, 0.1) is 6.92 Å². The first kappa shape index (κ1) is 20.7. The van der Waals surface area contributed by atoms with Crippen LogP contribution in [0.5, 0.6) is 0 Å². The number of hydrogen-bond acceptors (Lipinski definition) is 3. The number of alkyl halides is 3. The van der Waals surface area contributed by atoms with E-state index in [4.69, 9.17) is 0 Å². The van der Waals surface area contributed by atoms with Gasteiger partial charge in [-0.15, -0.1) is 0 Å². The third kappa shape index (κ3) is 4.58. The van der Waals surface area contributed by atoms with Crippen LogP contribution in [0.1, 0.15) is 74.2 Å². The quantitative estimate of drug-likeness (QED) is 0.771. The van der Waals surface area contributed by atoms with Gasteiger partial charge in [-0.05, 0) is 46.6 Å². The molecule has 1 aliphatic rings. The largest absolute Gasteiger partial charge is 0.435 e. The van der Waals surface area contributed by atoms with Crippen molar-refractivity contribution in [3.63, 3.8) is 0 Å². The maximum atomic E-state index is 13.5. The number of nitrogens with one attached hydrogen (secondary N) is 1. The van der Waals surface area contributed by atoms with E-state index in [9.17, 15) is 18.0 Å². The van der Waals surface area contributed by atoms with Crippen LogP contribution >= 0.6 is 0 Å². The topological polar surface area (TPSA) is 50.2 Å². The first-order valence-corrected chi connectivity index (χ1v) is 9.35. The molecule has 148 valence electrons. The minimum atomic E-state index is -4.65. The molecule has 1 aliphatic heterocycles. The summed E-state index contributed by atoms with van der Waals surface area (Å²) in [6, 6.07) is 0.178. The predicted molar refractivity (Wildman–Crippen MR) is 94.2 cm³/mol. The fourth-order valence-corrected chi connectivity index (χ4v) is 3.46. The Kier molecular flexibility index (Phi) is 6.71. The third-order valence-corrected chi connectivity index (χ3v) is 4.97. The molecule has 2 heterocycles. The van der Waals surface area contributed by atoms with Crippen LogP contribution in [0.3, 0.4) is 0 Å². The van der Waals surface area contributed by atoms with Crippen molar-refractivity contribution in [2.24, 2.45) is 0 Å². The molecular weight excluding hydrogens is 345 g/mol. The smallest absolute Gasteiger partial charge is 0.352 e. The van der Waals surface area contributed by atoms with Crippen molar-refractivity contribution in [1.29, 1.82) is 0 Å². The number of rotatable bonds is 6. The molecule has 0 radical (unpaired) electrons. The molecule has 1 aromatic rings. The molecular formula is C18H29F3N4O. The SMILES string of the molecule is CCCCNC(=O)c1c(C(F)(F)F)nn([C@@H]2CCCN(C(C)C)C2)c1C. The van der Waals surface area contributed by atoms with E-state index in [1.165, 1.54) is 4.68 Å². The van der Waals surface area contributed by atoms with E-state index >= 15 is 0 Å². The van der Waals surface area contributed by atoms with E-state index in [0.717, 1.165) is 32.2 Å². The van der Waals surface area contributed by atoms with Gasteiger partial charge in [-0.3, -0.25) is 14.4 Å². The van der Waals surface area contributed by atoms with Crippen LogP contribution in [0.15, 0.2) is 0 Å². The summed E-state index contributed by atoms with van der Waals surface area (Å²) >= 11 is 0. The summed E-state index contributed by atoms with van der Waals surface area (Å²) in [6.07, 6.45) is -1.40. The molecule has 1 fully saturated rings. The molecule has 2 rings (SSSR count). The van der Waals surface area contributed by atoms with Crippen molar-refractivity contribution in [2.75, 3.05) is 19.6 Å². The lowest BCUT2D eigenvalue weighted by Crippen LogP contribution is -2.41. The Balaban J connectivity index is 2.35. The van der Waals surface area contributed by atoms with Gasteiger partial charge in [0.05, 0.1) is 11.6 Å². The van der Waals surface area contributed by atoms with E-state index in [0.29, 0.717) is 24.8 Å². The molecule has 1 aromatic heterocycles. The fraction of sp³-hybridized carbons (Fsp3) is 0.778. The highest BCUT2D eigenvalue weighted by molar-refractivity contribution is 5.96. The van der Waals surface area contributed by atoms with Crippen LogP contribution in [-0.2, 0) is 6.18 Å². The molecule has 0 aliphatic carbocycles. The van der Waals surface area contributed by atoms with Crippen molar-refractivity contribution in [1.82, 2.24) is 20.0 Å². The first-order valence-electron chi connectivity index (χ1n) is 9.35. The number of unbranched alkanes of at least 4 members (excludes halogenated alkanes) is 1. The zero-order valence-electron chi connectivity index (χ0n) is 16.0. The maximum Gasteiger partial charge on any atom is 0.435 e. The van der Waals surface area contributed by atoms with Crippen molar-refractivity contribution in [2.45, 2.75) is 71.6 Å². The Labute approximate surface area is 152 Å². The van der Waals surface area contributed by atoms with E-state index in [1.54, 1.807) is 6.92 Å². The minimum Gasteiger partial charge on any atom is -0.352 e. The zero-order valence-corrected chi connectivity index (χ0v) is 16.0. The van der Waals surface area contributed by atoms with Crippen molar-refractivity contribution < 1.29 is 18.0 Å². The minimum absolute atomic E-state index is 0.149. The second-order valence-electron chi connectivity index (χ2n) is 7.25. The average molecular weight is 374 g/mol. The van der Waals surface area contributed by atoms with Crippen molar-refractivity contribution in [3.8, 4) is 0 Å². The number of carbonyl (C=O) groups excluding carboxylic acids is 1. The highest BCUT2D eigenvalue weighted by atomic mass is 19.4. The molecule has 1 amide bonds. The Bertz CT molecular complexity index is 625. The van der Waals surface area contributed by atoms with Gasteiger partial charge < -0.3 is 5.32 Å². The number of carbonyl (C=O) groups is 1. The molecule has 0 saturated carbocycles. The number of aromatic nitrogens is 2. The number of hydrogen-bond donors (Lipinski definition) is 1. The summed E-state index contributed by atoms with van der Waals surface area (Å²) < 4.78 is 41.9. The highest BCUT2D eigenvalue weighted by Gasteiger charge is 2.41. The normalized spacial score (nSPS) is 19.2. The molecule has 0 bridgehead atoms. The summed E-state index contributed by atoms with van der Waals surface area (Å²) in [5.74, 6) is -0.689. The molecule has 1 saturated heterocycles. The van der Waals surface area contributed by atoms with Gasteiger partial charge in [0.25, 0.3) is 5.91 Å². The monoisotopic (exact) mass is 374 g/mol. The summed E-state index contributed by atoms with van der Waals surface area (Å²) in [5, 5.41) is 6.45. The van der Waals surface area contributed by atoms with E-state index in [-0.39, 0.29) is 11.6 Å². The van der Waals surface area contributed by atoms with E-state index in [1.807, 2.05) is 6.92 Å². The van der Waals surface area contributed by atoms with Crippen LogP contribution in [-0.4, -0.2) is 46.3 Å². The summed E-state index contributed by atoms with van der Waals surface area (Å²) in [4.78, 5) is 14.6. The zero-order chi connectivity index (χ0) is 19.5. The molecule has 8 heteroatoms. The van der Waals surface area contributed by atoms with E-state index < -0.39 is 17.8 Å². The van der Waals surface area contributed by atoms with Gasteiger partial charge in [-0.1, -0.05) is 13.3 Å². The molecule has 0 spiro atoms. The number of halogens is 3. The van der Waals surface area contributed by atoms with Crippen molar-refractivity contribution >= 4 is 5.91 Å². The van der Waals surface area contributed by atoms with Gasteiger partial charge in [-0.2, -0.15) is 18.3 Å². The molecule has 1 atom stereocenters. The molecule has 5 nitrogen and oxygen atoms in total. The second-order valence-corrected chi connectivity index (χ2v) is 7.25. The summed E-state index contributed by atoms with van der Waals surface area (Å²) in [6.45, 7) is 9.62. The lowest BCUT2D eigenvalue weighted by molar-refractivity contribution is -0.142. The fourth-order valence-electron chi connectivity index (χ4n) is 3.46. The Morgan fingerprint density at radius 2 is 2.08 bits per heavy atom. The van der Waals surface area contributed by atoms with E-state index in [2.05, 4.69) is 29.2 Å². The molecule has 0 unspecified atom stereocenters. The molecule has 26 heavy (non-hydrogen) atoms.